The Kier molecular flexibility index (Phi) is 30.6. The molecule has 103 valence electrons. The Morgan fingerprint density at radius 1 is 1.06 bits per heavy atom. The molecule has 0 bridgehead atoms. The van der Waals surface area contributed by atoms with Crippen LogP contribution in [0.25, 0.3) is 0 Å². The van der Waals surface area contributed by atoms with Crippen LogP contribution in [0.2, 0.25) is 0 Å². The second-order valence-electron chi connectivity index (χ2n) is 3.50. The molecule has 0 saturated heterocycles. The molecule has 0 aliphatic heterocycles. The SMILES string of the molecule is CCc1cnc(C)cn1.C[C-](C)C.[CH-]=O.[CH-]=O.[Ru+3]. The molecule has 0 fully saturated rings. The Morgan fingerprint density at radius 3 is 1.67 bits per heavy atom. The van der Waals surface area contributed by atoms with E-state index in [-0.39, 0.29) is 19.5 Å². The van der Waals surface area contributed by atoms with Gasteiger partial charge in [0.25, 0.3) is 0 Å². The first-order valence-electron chi connectivity index (χ1n) is 5.07. The standard InChI is InChI=1S/C7H10N2.C4H9.2CHO.Ru/c1-3-7-5-8-6(2)4-9-7;1-4(2)3;2*1-2;/h4-5H,3H2,1-2H3;1-3H3;2*1H;/q;3*-1;+3. The van der Waals surface area contributed by atoms with E-state index in [1.807, 2.05) is 13.1 Å². The summed E-state index contributed by atoms with van der Waals surface area (Å²) in [5, 5.41) is 0. The third kappa shape index (κ3) is 24.3. The van der Waals surface area contributed by atoms with Gasteiger partial charge in [-0.25, -0.2) is 0 Å². The molecule has 0 atom stereocenters. The Balaban J connectivity index is -0.0000000937. The van der Waals surface area contributed by atoms with Crippen LogP contribution in [0.1, 0.15) is 39.1 Å². The molecule has 0 N–H and O–H groups in total. The number of rotatable bonds is 1. The Labute approximate surface area is 123 Å². The number of carbonyl (C=O) groups excluding carboxylic acids is 2. The number of hydrogen-bond donors (Lipinski definition) is 0. The molecule has 1 heterocycles. The van der Waals surface area contributed by atoms with Gasteiger partial charge in [-0.2, -0.15) is 20.8 Å². The maximum Gasteiger partial charge on any atom is 3.00 e. The normalized spacial score (nSPS) is 7.22. The second-order valence-corrected chi connectivity index (χ2v) is 3.50. The van der Waals surface area contributed by atoms with E-state index < -0.39 is 0 Å². The van der Waals surface area contributed by atoms with Gasteiger partial charge in [-0.05, 0) is 13.3 Å². The van der Waals surface area contributed by atoms with Crippen LogP contribution in [0.15, 0.2) is 12.4 Å². The van der Waals surface area contributed by atoms with Crippen molar-refractivity contribution in [3.63, 3.8) is 0 Å². The van der Waals surface area contributed by atoms with Gasteiger partial charge in [-0.1, -0.05) is 6.92 Å². The van der Waals surface area contributed by atoms with Crippen molar-refractivity contribution in [3.05, 3.63) is 29.7 Å². The summed E-state index contributed by atoms with van der Waals surface area (Å²) >= 11 is 0. The molecule has 0 unspecified atom stereocenters. The molecule has 0 aromatic carbocycles. The van der Waals surface area contributed by atoms with Crippen LogP contribution in [-0.2, 0) is 35.5 Å². The van der Waals surface area contributed by atoms with E-state index in [1.165, 1.54) is 5.92 Å². The fourth-order valence-corrected chi connectivity index (χ4v) is 0.602. The van der Waals surface area contributed by atoms with Crippen LogP contribution < -0.4 is 0 Å². The van der Waals surface area contributed by atoms with Crippen molar-refractivity contribution in [2.75, 3.05) is 0 Å². The number of aromatic nitrogens is 2. The van der Waals surface area contributed by atoms with Crippen molar-refractivity contribution in [1.82, 2.24) is 9.97 Å². The fourth-order valence-electron chi connectivity index (χ4n) is 0.602. The predicted molar refractivity (Wildman–Crippen MR) is 69.9 cm³/mol. The van der Waals surface area contributed by atoms with Crippen molar-refractivity contribution >= 4 is 13.6 Å². The van der Waals surface area contributed by atoms with Crippen LogP contribution in [0.4, 0.5) is 0 Å². The Bertz CT molecular complexity index is 249. The molecule has 0 aliphatic carbocycles. The van der Waals surface area contributed by atoms with Crippen molar-refractivity contribution in [1.29, 1.82) is 0 Å². The van der Waals surface area contributed by atoms with E-state index in [0.29, 0.717) is 0 Å². The van der Waals surface area contributed by atoms with E-state index in [1.54, 1.807) is 6.20 Å². The molecule has 0 aliphatic rings. The van der Waals surface area contributed by atoms with Gasteiger partial charge in [0.05, 0.1) is 11.4 Å². The number of nitrogens with zero attached hydrogens (tertiary/aromatic N) is 2. The summed E-state index contributed by atoms with van der Waals surface area (Å²) in [5.41, 5.74) is 2.04. The van der Waals surface area contributed by atoms with Gasteiger partial charge in [0.1, 0.15) is 0 Å². The maximum absolute atomic E-state index is 7.75. The van der Waals surface area contributed by atoms with Crippen LogP contribution >= 0.6 is 0 Å². The molecule has 18 heavy (non-hydrogen) atoms. The van der Waals surface area contributed by atoms with Gasteiger partial charge in [0.2, 0.25) is 0 Å². The van der Waals surface area contributed by atoms with Crippen LogP contribution in [-0.4, -0.2) is 23.5 Å². The summed E-state index contributed by atoms with van der Waals surface area (Å²) in [4.78, 5) is 23.7. The van der Waals surface area contributed by atoms with Crippen molar-refractivity contribution in [2.24, 2.45) is 0 Å². The predicted octanol–water partition coefficient (Wildman–Crippen LogP) is 2.42. The Morgan fingerprint density at radius 2 is 1.44 bits per heavy atom. The third-order valence-electron chi connectivity index (χ3n) is 1.20. The molecule has 0 saturated carbocycles. The maximum atomic E-state index is 7.75. The van der Waals surface area contributed by atoms with E-state index in [9.17, 15) is 0 Å². The zero-order valence-corrected chi connectivity index (χ0v) is 13.3. The fraction of sp³-hybridized carbons (Fsp3) is 0.462. The molecule has 1 aromatic heterocycles. The first-order valence-corrected chi connectivity index (χ1v) is 5.07. The summed E-state index contributed by atoms with van der Waals surface area (Å²) in [6.45, 7) is 16.8. The minimum absolute atomic E-state index is 0. The zero-order valence-electron chi connectivity index (χ0n) is 11.6. The minimum Gasteiger partial charge on any atom is -0.545 e. The second kappa shape index (κ2) is 21.3. The molecule has 0 spiro atoms. The molecule has 1 radical (unpaired) electrons. The summed E-state index contributed by atoms with van der Waals surface area (Å²) in [7, 11) is 0. The monoisotopic (exact) mass is 339 g/mol. The van der Waals surface area contributed by atoms with Crippen molar-refractivity contribution in [2.45, 2.75) is 41.0 Å². The van der Waals surface area contributed by atoms with E-state index in [4.69, 9.17) is 9.59 Å². The van der Waals surface area contributed by atoms with Crippen molar-refractivity contribution in [3.8, 4) is 0 Å². The van der Waals surface area contributed by atoms with Gasteiger partial charge in [0, 0.05) is 12.4 Å². The summed E-state index contributed by atoms with van der Waals surface area (Å²) in [6.07, 6.45) is 4.57. The summed E-state index contributed by atoms with van der Waals surface area (Å²) in [6, 6.07) is 0. The van der Waals surface area contributed by atoms with Gasteiger partial charge >= 0.3 is 19.5 Å². The third-order valence-corrected chi connectivity index (χ3v) is 1.20. The summed E-state index contributed by atoms with van der Waals surface area (Å²) < 4.78 is 0. The van der Waals surface area contributed by atoms with E-state index in [2.05, 4.69) is 51.2 Å². The summed E-state index contributed by atoms with van der Waals surface area (Å²) in [5.74, 6) is 1.42. The van der Waals surface area contributed by atoms with Gasteiger partial charge in [-0.3, -0.25) is 23.5 Å². The van der Waals surface area contributed by atoms with Crippen LogP contribution in [0.5, 0.6) is 0 Å². The van der Waals surface area contributed by atoms with E-state index in [0.717, 1.165) is 17.8 Å². The largest absolute Gasteiger partial charge is 3.00 e. The van der Waals surface area contributed by atoms with E-state index >= 15 is 0 Å². The minimum atomic E-state index is 0. The molecule has 1 aromatic rings. The average molecular weight is 338 g/mol. The first kappa shape index (κ1) is 25.8. The molecular formula is C13H21N2O2Ru. The average Bonchev–Trinajstić information content (AvgIpc) is 2.34. The topological polar surface area (TPSA) is 59.9 Å². The molecule has 0 amide bonds. The van der Waals surface area contributed by atoms with Crippen molar-refractivity contribution < 1.29 is 29.1 Å². The quantitative estimate of drug-likeness (QED) is 0.448. The van der Waals surface area contributed by atoms with Crippen LogP contribution in [0, 0.1) is 12.8 Å². The van der Waals surface area contributed by atoms with Gasteiger partial charge in [-0.15, -0.1) is 0 Å². The molecule has 5 heteroatoms. The van der Waals surface area contributed by atoms with Crippen LogP contribution in [0.3, 0.4) is 0 Å². The first-order chi connectivity index (χ1) is 8.06. The zero-order chi connectivity index (χ0) is 14.3. The molecular weight excluding hydrogens is 317 g/mol. The Hall–Kier alpha value is -0.957. The van der Waals surface area contributed by atoms with Gasteiger partial charge in [0.15, 0.2) is 0 Å². The molecule has 1 rings (SSSR count). The smallest absolute Gasteiger partial charge is 0.545 e. The number of aryl methyl sites for hydroxylation is 2. The number of hydrogen-bond acceptors (Lipinski definition) is 4. The van der Waals surface area contributed by atoms with Gasteiger partial charge < -0.3 is 15.5 Å². The molecule has 4 nitrogen and oxygen atoms in total.